The summed E-state index contributed by atoms with van der Waals surface area (Å²) in [4.78, 5) is 44.5. The van der Waals surface area contributed by atoms with E-state index in [0.717, 1.165) is 31.4 Å². The lowest BCUT2D eigenvalue weighted by Gasteiger charge is -2.17. The molecule has 1 aliphatic carbocycles. The number of hydrogen-bond acceptors (Lipinski definition) is 4. The Labute approximate surface area is 158 Å². The van der Waals surface area contributed by atoms with Crippen molar-refractivity contribution in [2.45, 2.75) is 71.9 Å². The lowest BCUT2D eigenvalue weighted by atomic mass is 10.0. The molecular formula is C20H28N4O3. The molecule has 1 aliphatic rings. The molecule has 2 heterocycles. The molecule has 1 fully saturated rings. The quantitative estimate of drug-likeness (QED) is 0.780. The van der Waals surface area contributed by atoms with Crippen molar-refractivity contribution in [3.05, 3.63) is 38.2 Å². The Balaban J connectivity index is 2.07. The maximum absolute atomic E-state index is 13.0. The van der Waals surface area contributed by atoms with Crippen LogP contribution in [0.3, 0.4) is 0 Å². The second kappa shape index (κ2) is 7.66. The molecule has 2 aromatic rings. The van der Waals surface area contributed by atoms with Crippen molar-refractivity contribution in [1.29, 1.82) is 0 Å². The zero-order valence-electron chi connectivity index (χ0n) is 16.5. The lowest BCUT2D eigenvalue weighted by Crippen LogP contribution is -2.36. The van der Waals surface area contributed by atoms with E-state index in [0.29, 0.717) is 29.6 Å². The van der Waals surface area contributed by atoms with E-state index in [1.807, 2.05) is 13.8 Å². The first-order valence-corrected chi connectivity index (χ1v) is 9.80. The minimum atomic E-state index is -0.561. The molecule has 1 atom stereocenters. The van der Waals surface area contributed by atoms with Crippen LogP contribution in [0.4, 0.5) is 0 Å². The van der Waals surface area contributed by atoms with E-state index >= 15 is 0 Å². The average molecular weight is 372 g/mol. The standard InChI is InChI=1S/C20H28N4O3/c1-5-24-17-16(19(26)23-20(24)27)14(10-15(22-17)13-8-9-13)18(25)21-12(4)7-6-11(2)3/h10-13H,5-9H2,1-4H3,(H,21,25)(H,23,26,27). The fourth-order valence-electron chi connectivity index (χ4n) is 3.31. The summed E-state index contributed by atoms with van der Waals surface area (Å²) < 4.78 is 1.42. The number of pyridine rings is 1. The Morgan fingerprint density at radius 2 is 2.00 bits per heavy atom. The predicted octanol–water partition coefficient (Wildman–Crippen LogP) is 2.54. The third kappa shape index (κ3) is 4.12. The Morgan fingerprint density at radius 3 is 2.59 bits per heavy atom. The van der Waals surface area contributed by atoms with Gasteiger partial charge in [0.15, 0.2) is 5.65 Å². The number of carbonyl (C=O) groups is 1. The highest BCUT2D eigenvalue weighted by molar-refractivity contribution is 6.05. The van der Waals surface area contributed by atoms with Crippen molar-refractivity contribution in [3.63, 3.8) is 0 Å². The van der Waals surface area contributed by atoms with Crippen LogP contribution >= 0.6 is 0 Å². The van der Waals surface area contributed by atoms with Crippen molar-refractivity contribution < 1.29 is 4.79 Å². The van der Waals surface area contributed by atoms with E-state index in [1.165, 1.54) is 4.57 Å². The number of aryl methyl sites for hydroxylation is 1. The van der Waals surface area contributed by atoms with Gasteiger partial charge in [-0.15, -0.1) is 0 Å². The van der Waals surface area contributed by atoms with E-state index < -0.39 is 11.2 Å². The Morgan fingerprint density at radius 1 is 1.30 bits per heavy atom. The van der Waals surface area contributed by atoms with Crippen molar-refractivity contribution >= 4 is 16.9 Å². The monoisotopic (exact) mass is 372 g/mol. The van der Waals surface area contributed by atoms with Crippen molar-refractivity contribution in [1.82, 2.24) is 19.9 Å². The summed E-state index contributed by atoms with van der Waals surface area (Å²) in [6.07, 6.45) is 3.92. The molecule has 3 rings (SSSR count). The zero-order valence-corrected chi connectivity index (χ0v) is 16.5. The lowest BCUT2D eigenvalue weighted by molar-refractivity contribution is 0.0938. The van der Waals surface area contributed by atoms with E-state index in [-0.39, 0.29) is 17.3 Å². The van der Waals surface area contributed by atoms with Gasteiger partial charge in [-0.3, -0.25) is 19.1 Å². The molecule has 0 spiro atoms. The molecule has 2 aromatic heterocycles. The molecule has 0 saturated heterocycles. The topological polar surface area (TPSA) is 96.9 Å². The fourth-order valence-corrected chi connectivity index (χ4v) is 3.31. The molecule has 1 amide bonds. The number of hydrogen-bond donors (Lipinski definition) is 2. The third-order valence-electron chi connectivity index (χ3n) is 5.08. The van der Waals surface area contributed by atoms with Gasteiger partial charge in [-0.2, -0.15) is 0 Å². The molecule has 27 heavy (non-hydrogen) atoms. The normalized spacial score (nSPS) is 15.3. The van der Waals surface area contributed by atoms with Gasteiger partial charge in [0.25, 0.3) is 11.5 Å². The van der Waals surface area contributed by atoms with Gasteiger partial charge in [0.1, 0.15) is 0 Å². The molecule has 0 aliphatic heterocycles. The van der Waals surface area contributed by atoms with E-state index in [2.05, 4.69) is 29.1 Å². The predicted molar refractivity (Wildman–Crippen MR) is 105 cm³/mol. The van der Waals surface area contributed by atoms with Gasteiger partial charge >= 0.3 is 5.69 Å². The minimum absolute atomic E-state index is 0.00338. The number of nitrogens with zero attached hydrogens (tertiary/aromatic N) is 2. The van der Waals surface area contributed by atoms with Crippen LogP contribution in [-0.2, 0) is 6.54 Å². The molecular weight excluding hydrogens is 344 g/mol. The van der Waals surface area contributed by atoms with E-state index in [9.17, 15) is 14.4 Å². The molecule has 7 nitrogen and oxygen atoms in total. The van der Waals surface area contributed by atoms with Gasteiger partial charge in [0.2, 0.25) is 0 Å². The smallest absolute Gasteiger partial charge is 0.329 e. The van der Waals surface area contributed by atoms with Crippen LogP contribution in [0.5, 0.6) is 0 Å². The maximum Gasteiger partial charge on any atom is 0.329 e. The zero-order chi connectivity index (χ0) is 19.7. The van der Waals surface area contributed by atoms with Gasteiger partial charge in [-0.25, -0.2) is 9.78 Å². The van der Waals surface area contributed by atoms with Gasteiger partial charge in [0, 0.05) is 24.2 Å². The van der Waals surface area contributed by atoms with Crippen LogP contribution in [0.25, 0.3) is 11.0 Å². The largest absolute Gasteiger partial charge is 0.350 e. The number of H-pyrrole nitrogens is 1. The van der Waals surface area contributed by atoms with Crippen molar-refractivity contribution in [3.8, 4) is 0 Å². The maximum atomic E-state index is 13.0. The summed E-state index contributed by atoms with van der Waals surface area (Å²) in [6.45, 7) is 8.46. The van der Waals surface area contributed by atoms with Crippen LogP contribution in [0.2, 0.25) is 0 Å². The summed E-state index contributed by atoms with van der Waals surface area (Å²) in [5.41, 5.74) is 0.341. The second-order valence-corrected chi connectivity index (χ2v) is 7.92. The van der Waals surface area contributed by atoms with Gasteiger partial charge in [-0.1, -0.05) is 13.8 Å². The summed E-state index contributed by atoms with van der Waals surface area (Å²) in [6, 6.07) is 1.73. The van der Waals surface area contributed by atoms with Gasteiger partial charge in [0.05, 0.1) is 10.9 Å². The van der Waals surface area contributed by atoms with Gasteiger partial charge < -0.3 is 5.32 Å². The van der Waals surface area contributed by atoms with E-state index in [1.54, 1.807) is 6.07 Å². The molecule has 1 unspecified atom stereocenters. The van der Waals surface area contributed by atoms with Crippen LogP contribution in [0, 0.1) is 5.92 Å². The molecule has 0 bridgehead atoms. The third-order valence-corrected chi connectivity index (χ3v) is 5.08. The highest BCUT2D eigenvalue weighted by atomic mass is 16.2. The van der Waals surface area contributed by atoms with Crippen LogP contribution in [-0.4, -0.2) is 26.5 Å². The van der Waals surface area contributed by atoms with Crippen LogP contribution in [0.1, 0.15) is 75.3 Å². The number of nitrogens with one attached hydrogen (secondary N) is 2. The molecule has 2 N–H and O–H groups in total. The van der Waals surface area contributed by atoms with E-state index in [4.69, 9.17) is 0 Å². The van der Waals surface area contributed by atoms with Crippen molar-refractivity contribution in [2.24, 2.45) is 5.92 Å². The number of amides is 1. The first-order chi connectivity index (χ1) is 12.8. The molecule has 0 aromatic carbocycles. The van der Waals surface area contributed by atoms with Crippen LogP contribution < -0.4 is 16.6 Å². The summed E-state index contributed by atoms with van der Waals surface area (Å²) in [5, 5.41) is 3.19. The average Bonchev–Trinajstić information content (AvgIpc) is 3.44. The highest BCUT2D eigenvalue weighted by Crippen LogP contribution is 2.39. The highest BCUT2D eigenvalue weighted by Gasteiger charge is 2.28. The summed E-state index contributed by atoms with van der Waals surface area (Å²) in [5.74, 6) is 0.584. The first kappa shape index (κ1) is 19.3. The molecule has 0 radical (unpaired) electrons. The van der Waals surface area contributed by atoms with Gasteiger partial charge in [-0.05, 0) is 51.5 Å². The Kier molecular flexibility index (Phi) is 5.48. The summed E-state index contributed by atoms with van der Waals surface area (Å²) >= 11 is 0. The first-order valence-electron chi connectivity index (χ1n) is 9.80. The van der Waals surface area contributed by atoms with Crippen LogP contribution in [0.15, 0.2) is 15.7 Å². The number of aromatic nitrogens is 3. The SMILES string of the molecule is CCn1c(=O)[nH]c(=O)c2c(C(=O)NC(C)CCC(C)C)cc(C3CC3)nc21. The second-order valence-electron chi connectivity index (χ2n) is 7.92. The Hall–Kier alpha value is -2.44. The number of carbonyl (C=O) groups excluding carboxylic acids is 1. The number of fused-ring (bicyclic) bond motifs is 1. The number of aromatic amines is 1. The molecule has 1 saturated carbocycles. The molecule has 146 valence electrons. The van der Waals surface area contributed by atoms with Crippen molar-refractivity contribution in [2.75, 3.05) is 0 Å². The summed E-state index contributed by atoms with van der Waals surface area (Å²) in [7, 11) is 0. The Bertz CT molecular complexity index is 970. The fraction of sp³-hybridized carbons (Fsp3) is 0.600. The molecule has 7 heteroatoms. The number of rotatable bonds is 7. The minimum Gasteiger partial charge on any atom is -0.350 e.